The van der Waals surface area contributed by atoms with Crippen molar-refractivity contribution in [3.05, 3.63) is 0 Å². The highest BCUT2D eigenvalue weighted by atomic mass is 16.3. The molecule has 0 rings (SSSR count). The molecule has 0 atom stereocenters. The van der Waals surface area contributed by atoms with E-state index < -0.39 is 0 Å². The molecule has 11 heavy (non-hydrogen) atoms. The summed E-state index contributed by atoms with van der Waals surface area (Å²) in [5.74, 6) is 0. The lowest BCUT2D eigenvalue weighted by atomic mass is 10.3. The molecule has 0 unspecified atom stereocenters. The number of aliphatic hydroxyl groups is 1. The van der Waals surface area contributed by atoms with E-state index in [0.717, 1.165) is 19.6 Å². The zero-order valence-electron chi connectivity index (χ0n) is 7.84. The Kier molecular flexibility index (Phi) is 7.96. The monoisotopic (exact) mass is 159 g/mol. The summed E-state index contributed by atoms with van der Waals surface area (Å²) in [6.07, 6.45) is 3.68. The Balaban J connectivity index is 3.34. The molecule has 0 aliphatic rings. The molecular weight excluding hydrogens is 138 g/mol. The minimum atomic E-state index is 0.295. The van der Waals surface area contributed by atoms with Crippen molar-refractivity contribution >= 4 is 0 Å². The molecule has 0 saturated carbocycles. The zero-order chi connectivity index (χ0) is 8.53. The lowest BCUT2D eigenvalue weighted by Crippen LogP contribution is -2.28. The van der Waals surface area contributed by atoms with E-state index in [1.807, 2.05) is 0 Å². The van der Waals surface area contributed by atoms with Crippen molar-refractivity contribution in [1.82, 2.24) is 4.90 Å². The van der Waals surface area contributed by atoms with Crippen LogP contribution in [0.15, 0.2) is 0 Å². The fraction of sp³-hybridized carbons (Fsp3) is 1.00. The summed E-state index contributed by atoms with van der Waals surface area (Å²) in [5, 5.41) is 8.72. The Morgan fingerprint density at radius 3 is 2.18 bits per heavy atom. The second-order valence-electron chi connectivity index (χ2n) is 2.92. The van der Waals surface area contributed by atoms with Gasteiger partial charge in [-0.15, -0.1) is 0 Å². The van der Waals surface area contributed by atoms with E-state index in [0.29, 0.717) is 6.61 Å². The number of rotatable bonds is 7. The van der Waals surface area contributed by atoms with Gasteiger partial charge in [0.05, 0.1) is 6.61 Å². The smallest absolute Gasteiger partial charge is 0.0558 e. The second-order valence-corrected chi connectivity index (χ2v) is 2.92. The van der Waals surface area contributed by atoms with Crippen LogP contribution in [0.3, 0.4) is 0 Å². The Bertz CT molecular complexity index is 70.0. The third kappa shape index (κ3) is 6.32. The van der Waals surface area contributed by atoms with Gasteiger partial charge in [0.15, 0.2) is 0 Å². The quantitative estimate of drug-likeness (QED) is 0.608. The summed E-state index contributed by atoms with van der Waals surface area (Å²) in [5.41, 5.74) is 0. The predicted molar refractivity (Wildman–Crippen MR) is 48.7 cm³/mol. The van der Waals surface area contributed by atoms with Crippen LogP contribution < -0.4 is 0 Å². The Morgan fingerprint density at radius 2 is 1.73 bits per heavy atom. The molecule has 0 aromatic heterocycles. The minimum Gasteiger partial charge on any atom is -0.395 e. The maximum atomic E-state index is 8.72. The number of unbranched alkanes of at least 4 members (excludes halogenated alkanes) is 1. The fourth-order valence-corrected chi connectivity index (χ4v) is 1.17. The van der Waals surface area contributed by atoms with E-state index in [1.54, 1.807) is 0 Å². The van der Waals surface area contributed by atoms with Gasteiger partial charge in [0, 0.05) is 6.54 Å². The van der Waals surface area contributed by atoms with E-state index in [2.05, 4.69) is 18.7 Å². The first-order chi connectivity index (χ1) is 5.35. The SMILES string of the molecule is CCCCN(CCC)CCO. The first-order valence-corrected chi connectivity index (χ1v) is 4.68. The Hall–Kier alpha value is -0.0800. The molecule has 0 radical (unpaired) electrons. The van der Waals surface area contributed by atoms with Gasteiger partial charge in [0.1, 0.15) is 0 Å². The van der Waals surface area contributed by atoms with E-state index in [-0.39, 0.29) is 0 Å². The first kappa shape index (κ1) is 10.9. The molecule has 0 spiro atoms. The van der Waals surface area contributed by atoms with Gasteiger partial charge in [-0.25, -0.2) is 0 Å². The summed E-state index contributed by atoms with van der Waals surface area (Å²) in [4.78, 5) is 2.32. The van der Waals surface area contributed by atoms with Gasteiger partial charge in [-0.05, 0) is 25.9 Å². The third-order valence-corrected chi connectivity index (χ3v) is 1.78. The molecular formula is C9H21NO. The van der Waals surface area contributed by atoms with E-state index >= 15 is 0 Å². The first-order valence-electron chi connectivity index (χ1n) is 4.68. The summed E-state index contributed by atoms with van der Waals surface area (Å²) < 4.78 is 0. The lowest BCUT2D eigenvalue weighted by molar-refractivity contribution is 0.194. The molecule has 2 nitrogen and oxygen atoms in total. The van der Waals surface area contributed by atoms with Crippen LogP contribution in [0.25, 0.3) is 0 Å². The molecule has 0 saturated heterocycles. The normalized spacial score (nSPS) is 10.9. The number of hydrogen-bond acceptors (Lipinski definition) is 2. The van der Waals surface area contributed by atoms with Gasteiger partial charge >= 0.3 is 0 Å². The van der Waals surface area contributed by atoms with Gasteiger partial charge in [0.2, 0.25) is 0 Å². The Morgan fingerprint density at radius 1 is 1.00 bits per heavy atom. The third-order valence-electron chi connectivity index (χ3n) is 1.78. The average molecular weight is 159 g/mol. The molecule has 0 aliphatic heterocycles. The highest BCUT2D eigenvalue weighted by molar-refractivity contribution is 4.55. The van der Waals surface area contributed by atoms with Gasteiger partial charge in [-0.3, -0.25) is 0 Å². The molecule has 0 amide bonds. The molecule has 0 bridgehead atoms. The topological polar surface area (TPSA) is 23.5 Å². The van der Waals surface area contributed by atoms with E-state index in [1.165, 1.54) is 19.3 Å². The van der Waals surface area contributed by atoms with Crippen LogP contribution in [0.4, 0.5) is 0 Å². The van der Waals surface area contributed by atoms with Crippen molar-refractivity contribution in [2.24, 2.45) is 0 Å². The van der Waals surface area contributed by atoms with Gasteiger partial charge in [-0.1, -0.05) is 20.3 Å². The van der Waals surface area contributed by atoms with Crippen LogP contribution in [-0.4, -0.2) is 36.2 Å². The van der Waals surface area contributed by atoms with Crippen molar-refractivity contribution < 1.29 is 5.11 Å². The maximum absolute atomic E-state index is 8.72. The largest absolute Gasteiger partial charge is 0.395 e. The molecule has 0 heterocycles. The number of nitrogens with zero attached hydrogens (tertiary/aromatic N) is 1. The molecule has 0 aromatic carbocycles. The fourth-order valence-electron chi connectivity index (χ4n) is 1.17. The van der Waals surface area contributed by atoms with E-state index in [9.17, 15) is 0 Å². The predicted octanol–water partition coefficient (Wildman–Crippen LogP) is 1.49. The summed E-state index contributed by atoms with van der Waals surface area (Å²) in [6.45, 7) is 7.78. The standard InChI is InChI=1S/C9H21NO/c1-3-5-7-10(6-4-2)8-9-11/h11H,3-9H2,1-2H3. The molecule has 0 fully saturated rings. The van der Waals surface area contributed by atoms with Crippen molar-refractivity contribution in [3.8, 4) is 0 Å². The zero-order valence-corrected chi connectivity index (χ0v) is 7.84. The van der Waals surface area contributed by atoms with Crippen LogP contribution in [-0.2, 0) is 0 Å². The van der Waals surface area contributed by atoms with E-state index in [4.69, 9.17) is 5.11 Å². The highest BCUT2D eigenvalue weighted by Crippen LogP contribution is 1.95. The molecule has 68 valence electrons. The highest BCUT2D eigenvalue weighted by Gasteiger charge is 2.00. The molecule has 1 N–H and O–H groups in total. The summed E-state index contributed by atoms with van der Waals surface area (Å²) in [6, 6.07) is 0. The van der Waals surface area contributed by atoms with Crippen LogP contribution in [0, 0.1) is 0 Å². The van der Waals surface area contributed by atoms with Crippen molar-refractivity contribution in [2.75, 3.05) is 26.2 Å². The lowest BCUT2D eigenvalue weighted by Gasteiger charge is -2.19. The Labute approximate surface area is 70.2 Å². The molecule has 2 heteroatoms. The van der Waals surface area contributed by atoms with Crippen LogP contribution in [0.2, 0.25) is 0 Å². The minimum absolute atomic E-state index is 0.295. The number of hydrogen-bond donors (Lipinski definition) is 1. The van der Waals surface area contributed by atoms with Crippen molar-refractivity contribution in [2.45, 2.75) is 33.1 Å². The van der Waals surface area contributed by atoms with Crippen molar-refractivity contribution in [1.29, 1.82) is 0 Å². The van der Waals surface area contributed by atoms with Crippen LogP contribution in [0.1, 0.15) is 33.1 Å². The van der Waals surface area contributed by atoms with Gasteiger partial charge in [0.25, 0.3) is 0 Å². The second kappa shape index (κ2) is 8.02. The maximum Gasteiger partial charge on any atom is 0.0558 e. The van der Waals surface area contributed by atoms with Crippen molar-refractivity contribution in [3.63, 3.8) is 0 Å². The van der Waals surface area contributed by atoms with Crippen LogP contribution >= 0.6 is 0 Å². The van der Waals surface area contributed by atoms with Gasteiger partial charge < -0.3 is 10.0 Å². The average Bonchev–Trinajstić information content (AvgIpc) is 2.01. The molecule has 0 aliphatic carbocycles. The summed E-state index contributed by atoms with van der Waals surface area (Å²) in [7, 11) is 0. The number of aliphatic hydroxyl groups excluding tert-OH is 1. The summed E-state index contributed by atoms with van der Waals surface area (Å²) >= 11 is 0. The van der Waals surface area contributed by atoms with Crippen LogP contribution in [0.5, 0.6) is 0 Å². The van der Waals surface area contributed by atoms with Gasteiger partial charge in [-0.2, -0.15) is 0 Å². The molecule has 0 aromatic rings.